The molecule has 0 aliphatic rings. The Labute approximate surface area is 96.0 Å². The van der Waals surface area contributed by atoms with Crippen molar-refractivity contribution < 1.29 is 14.3 Å². The topological polar surface area (TPSA) is 37.3 Å². The van der Waals surface area contributed by atoms with Gasteiger partial charge in [-0.15, -0.1) is 11.3 Å². The van der Waals surface area contributed by atoms with Crippen molar-refractivity contribution in [2.45, 2.75) is 6.92 Å². The first kappa shape index (κ1) is 10.8. The Morgan fingerprint density at radius 2 is 2.06 bits per heavy atom. The fraction of sp³-hybridized carbons (Fsp3) is 0.0833. The quantitative estimate of drug-likeness (QED) is 0.865. The molecule has 0 aliphatic heterocycles. The van der Waals surface area contributed by atoms with Gasteiger partial charge in [0.1, 0.15) is 10.7 Å². The number of hydrogen-bond donors (Lipinski definition) is 1. The molecule has 16 heavy (non-hydrogen) atoms. The lowest BCUT2D eigenvalue weighted by Crippen LogP contribution is -1.96. The van der Waals surface area contributed by atoms with Gasteiger partial charge >= 0.3 is 5.97 Å². The second-order valence-corrected chi connectivity index (χ2v) is 4.30. The first-order valence-corrected chi connectivity index (χ1v) is 5.55. The number of halogens is 1. The maximum Gasteiger partial charge on any atom is 0.346 e. The smallest absolute Gasteiger partial charge is 0.346 e. The molecule has 2 nitrogen and oxygen atoms in total. The maximum absolute atomic E-state index is 13.4. The molecule has 1 aromatic carbocycles. The Balaban J connectivity index is 2.63. The number of benzene rings is 1. The van der Waals surface area contributed by atoms with Crippen LogP contribution in [0, 0.1) is 12.7 Å². The van der Waals surface area contributed by atoms with E-state index in [1.54, 1.807) is 30.5 Å². The number of carboxylic acid groups (broad SMARTS) is 1. The van der Waals surface area contributed by atoms with Crippen LogP contribution in [-0.2, 0) is 0 Å². The SMILES string of the molecule is Cc1c(F)cccc1-c1ccsc1C(=O)O. The van der Waals surface area contributed by atoms with Gasteiger partial charge in [0.2, 0.25) is 0 Å². The zero-order valence-corrected chi connectivity index (χ0v) is 9.34. The van der Waals surface area contributed by atoms with E-state index in [2.05, 4.69) is 0 Å². The molecule has 0 aliphatic carbocycles. The Morgan fingerprint density at radius 1 is 1.31 bits per heavy atom. The number of thiophene rings is 1. The number of hydrogen-bond acceptors (Lipinski definition) is 2. The number of carboxylic acids is 1. The maximum atomic E-state index is 13.4. The lowest BCUT2D eigenvalue weighted by molar-refractivity contribution is 0.0703. The Bertz CT molecular complexity index is 546. The molecule has 0 bridgehead atoms. The van der Waals surface area contributed by atoms with Crippen LogP contribution in [0.25, 0.3) is 11.1 Å². The van der Waals surface area contributed by atoms with Gasteiger partial charge in [0.15, 0.2) is 0 Å². The van der Waals surface area contributed by atoms with Crippen LogP contribution < -0.4 is 0 Å². The summed E-state index contributed by atoms with van der Waals surface area (Å²) in [4.78, 5) is 11.2. The van der Waals surface area contributed by atoms with E-state index in [9.17, 15) is 9.18 Å². The molecule has 0 unspecified atom stereocenters. The standard InChI is InChI=1S/C12H9FO2S/c1-7-8(3-2-4-10(7)13)9-5-6-16-11(9)12(14)15/h2-6H,1H3,(H,14,15). The van der Waals surface area contributed by atoms with Crippen molar-refractivity contribution in [2.75, 3.05) is 0 Å². The third-order valence-corrected chi connectivity index (χ3v) is 3.32. The predicted molar refractivity (Wildman–Crippen MR) is 61.4 cm³/mol. The van der Waals surface area contributed by atoms with E-state index in [0.29, 0.717) is 16.7 Å². The highest BCUT2D eigenvalue weighted by Crippen LogP contribution is 2.31. The summed E-state index contributed by atoms with van der Waals surface area (Å²) in [6.07, 6.45) is 0. The molecule has 0 amide bonds. The molecule has 0 atom stereocenters. The third-order valence-electron chi connectivity index (χ3n) is 2.42. The molecular weight excluding hydrogens is 227 g/mol. The van der Waals surface area contributed by atoms with Crippen molar-refractivity contribution in [3.63, 3.8) is 0 Å². The normalized spacial score (nSPS) is 10.4. The molecule has 2 aromatic rings. The average molecular weight is 236 g/mol. The zero-order chi connectivity index (χ0) is 11.7. The second kappa shape index (κ2) is 4.06. The summed E-state index contributed by atoms with van der Waals surface area (Å²) in [5.74, 6) is -1.30. The van der Waals surface area contributed by atoms with E-state index in [4.69, 9.17) is 5.11 Å². The predicted octanol–water partition coefficient (Wildman–Crippen LogP) is 3.56. The van der Waals surface area contributed by atoms with E-state index >= 15 is 0 Å². The van der Waals surface area contributed by atoms with Crippen LogP contribution >= 0.6 is 11.3 Å². The fourth-order valence-electron chi connectivity index (χ4n) is 1.59. The van der Waals surface area contributed by atoms with Crippen molar-refractivity contribution in [3.05, 3.63) is 45.9 Å². The summed E-state index contributed by atoms with van der Waals surface area (Å²) in [7, 11) is 0. The summed E-state index contributed by atoms with van der Waals surface area (Å²) in [6.45, 7) is 1.65. The first-order valence-electron chi connectivity index (χ1n) is 4.67. The Kier molecular flexibility index (Phi) is 2.75. The van der Waals surface area contributed by atoms with Crippen molar-refractivity contribution in [3.8, 4) is 11.1 Å². The molecular formula is C12H9FO2S. The summed E-state index contributed by atoms with van der Waals surface area (Å²) in [5, 5.41) is 10.7. The van der Waals surface area contributed by atoms with Gasteiger partial charge in [-0.3, -0.25) is 0 Å². The van der Waals surface area contributed by atoms with Crippen molar-refractivity contribution in [2.24, 2.45) is 0 Å². The monoisotopic (exact) mass is 236 g/mol. The highest BCUT2D eigenvalue weighted by Gasteiger charge is 2.15. The van der Waals surface area contributed by atoms with Gasteiger partial charge in [0.25, 0.3) is 0 Å². The molecule has 0 spiro atoms. The zero-order valence-electron chi connectivity index (χ0n) is 8.53. The Morgan fingerprint density at radius 3 is 2.75 bits per heavy atom. The fourth-order valence-corrected chi connectivity index (χ4v) is 2.33. The van der Waals surface area contributed by atoms with Crippen LogP contribution in [0.2, 0.25) is 0 Å². The second-order valence-electron chi connectivity index (χ2n) is 3.38. The third kappa shape index (κ3) is 1.72. The number of aromatic carboxylic acids is 1. The molecule has 1 aromatic heterocycles. The minimum atomic E-state index is -0.978. The molecule has 2 rings (SSSR count). The highest BCUT2D eigenvalue weighted by molar-refractivity contribution is 7.12. The van der Waals surface area contributed by atoms with E-state index in [1.807, 2.05) is 0 Å². The van der Waals surface area contributed by atoms with Crippen molar-refractivity contribution in [1.29, 1.82) is 0 Å². The van der Waals surface area contributed by atoms with Crippen LogP contribution in [0.5, 0.6) is 0 Å². The van der Waals surface area contributed by atoms with Crippen LogP contribution in [0.3, 0.4) is 0 Å². The number of rotatable bonds is 2. The molecule has 4 heteroatoms. The molecule has 1 heterocycles. The molecule has 0 saturated carbocycles. The van der Waals surface area contributed by atoms with Crippen molar-refractivity contribution >= 4 is 17.3 Å². The Hall–Kier alpha value is -1.68. The summed E-state index contributed by atoms with van der Waals surface area (Å²) in [5.41, 5.74) is 1.69. The molecule has 0 radical (unpaired) electrons. The van der Waals surface area contributed by atoms with Crippen molar-refractivity contribution in [1.82, 2.24) is 0 Å². The molecule has 1 N–H and O–H groups in total. The molecule has 0 fully saturated rings. The molecule has 0 saturated heterocycles. The van der Waals surface area contributed by atoms with Crippen LogP contribution in [0.15, 0.2) is 29.6 Å². The molecule has 82 valence electrons. The highest BCUT2D eigenvalue weighted by atomic mass is 32.1. The number of carbonyl (C=O) groups is 1. The van der Waals surface area contributed by atoms with Crippen LogP contribution in [0.1, 0.15) is 15.2 Å². The lowest BCUT2D eigenvalue weighted by Gasteiger charge is -2.05. The van der Waals surface area contributed by atoms with Gasteiger partial charge in [0, 0.05) is 5.56 Å². The average Bonchev–Trinajstić information content (AvgIpc) is 2.70. The van der Waals surface area contributed by atoms with Gasteiger partial charge in [-0.2, -0.15) is 0 Å². The van der Waals surface area contributed by atoms with Gasteiger partial charge in [-0.25, -0.2) is 9.18 Å². The van der Waals surface area contributed by atoms with Gasteiger partial charge in [-0.05, 0) is 35.6 Å². The lowest BCUT2D eigenvalue weighted by atomic mass is 10.0. The summed E-state index contributed by atoms with van der Waals surface area (Å²) in [6, 6.07) is 6.38. The van der Waals surface area contributed by atoms with E-state index in [1.165, 1.54) is 6.07 Å². The van der Waals surface area contributed by atoms with Crippen LogP contribution in [-0.4, -0.2) is 11.1 Å². The van der Waals surface area contributed by atoms with Gasteiger partial charge < -0.3 is 5.11 Å². The van der Waals surface area contributed by atoms with Gasteiger partial charge in [0.05, 0.1) is 0 Å². The largest absolute Gasteiger partial charge is 0.477 e. The minimum absolute atomic E-state index is 0.244. The summed E-state index contributed by atoms with van der Waals surface area (Å²) < 4.78 is 13.4. The van der Waals surface area contributed by atoms with E-state index in [0.717, 1.165) is 11.3 Å². The van der Waals surface area contributed by atoms with E-state index < -0.39 is 5.97 Å². The van der Waals surface area contributed by atoms with Gasteiger partial charge in [-0.1, -0.05) is 12.1 Å². The first-order chi connectivity index (χ1) is 7.61. The summed E-state index contributed by atoms with van der Waals surface area (Å²) >= 11 is 1.15. The van der Waals surface area contributed by atoms with E-state index in [-0.39, 0.29) is 10.7 Å². The van der Waals surface area contributed by atoms with Crippen LogP contribution in [0.4, 0.5) is 4.39 Å². The minimum Gasteiger partial charge on any atom is -0.477 e.